The molecule has 1 saturated heterocycles. The van der Waals surface area contributed by atoms with Gasteiger partial charge < -0.3 is 15.0 Å². The van der Waals surface area contributed by atoms with Crippen LogP contribution in [-0.4, -0.2) is 23.4 Å². The molecule has 0 bridgehead atoms. The molecule has 0 radical (unpaired) electrons. The van der Waals surface area contributed by atoms with Gasteiger partial charge in [-0.25, -0.2) is 0 Å². The molecule has 0 amide bonds. The van der Waals surface area contributed by atoms with Gasteiger partial charge in [-0.2, -0.15) is 4.98 Å². The number of nitrogens with two attached hydrogens (primary N) is 1. The number of rotatable bonds is 3. The Bertz CT molecular complexity index is 515. The van der Waals surface area contributed by atoms with E-state index >= 15 is 0 Å². The molecule has 2 N–H and O–H groups in total. The van der Waals surface area contributed by atoms with E-state index < -0.39 is 0 Å². The Morgan fingerprint density at radius 1 is 1.28 bits per heavy atom. The predicted molar refractivity (Wildman–Crippen MR) is 65.8 cm³/mol. The summed E-state index contributed by atoms with van der Waals surface area (Å²) in [5.41, 5.74) is 7.57. The second-order valence-electron chi connectivity index (χ2n) is 4.42. The zero-order valence-corrected chi connectivity index (χ0v) is 10.0. The Morgan fingerprint density at radius 3 is 2.78 bits per heavy atom. The summed E-state index contributed by atoms with van der Waals surface area (Å²) in [6, 6.07) is 7.84. The Kier molecular flexibility index (Phi) is 3.08. The number of aromatic nitrogens is 2. The number of hydrogen-bond acceptors (Lipinski definition) is 5. The fourth-order valence-corrected chi connectivity index (χ4v) is 2.04. The smallest absolute Gasteiger partial charge is 0.257 e. The van der Waals surface area contributed by atoms with Crippen LogP contribution in [0.1, 0.15) is 23.7 Å². The lowest BCUT2D eigenvalue weighted by Crippen LogP contribution is -1.99. The average Bonchev–Trinajstić information content (AvgIpc) is 3.09. The third-order valence-electron chi connectivity index (χ3n) is 3.17. The van der Waals surface area contributed by atoms with Crippen LogP contribution in [0.5, 0.6) is 0 Å². The molecule has 2 aromatic rings. The second kappa shape index (κ2) is 4.88. The maximum Gasteiger partial charge on any atom is 0.257 e. The monoisotopic (exact) mass is 245 g/mol. The molecule has 5 nitrogen and oxygen atoms in total. The summed E-state index contributed by atoms with van der Waals surface area (Å²) in [6.07, 6.45) is 0.963. The lowest BCUT2D eigenvalue weighted by atomic mass is 10.1. The molecule has 1 aliphatic rings. The summed E-state index contributed by atoms with van der Waals surface area (Å²) in [5.74, 6) is 1.57. The van der Waals surface area contributed by atoms with Crippen molar-refractivity contribution in [3.8, 4) is 11.5 Å². The molecule has 0 spiro atoms. The molecule has 1 fully saturated rings. The SMILES string of the molecule is NCc1ccc(-c2nc([C@@H]3CCOC3)no2)cc1. The molecule has 1 aliphatic heterocycles. The minimum absolute atomic E-state index is 0.269. The molecule has 2 heterocycles. The van der Waals surface area contributed by atoms with Crippen molar-refractivity contribution in [1.29, 1.82) is 0 Å². The summed E-state index contributed by atoms with van der Waals surface area (Å²) in [5, 5.41) is 4.03. The fourth-order valence-electron chi connectivity index (χ4n) is 2.04. The number of nitrogens with zero attached hydrogens (tertiary/aromatic N) is 2. The number of ether oxygens (including phenoxy) is 1. The second-order valence-corrected chi connectivity index (χ2v) is 4.42. The summed E-state index contributed by atoms with van der Waals surface area (Å²) < 4.78 is 10.6. The minimum atomic E-state index is 0.269. The highest BCUT2D eigenvalue weighted by Gasteiger charge is 2.23. The maximum atomic E-state index is 5.56. The quantitative estimate of drug-likeness (QED) is 0.890. The van der Waals surface area contributed by atoms with E-state index in [4.69, 9.17) is 15.0 Å². The Hall–Kier alpha value is -1.72. The van der Waals surface area contributed by atoms with Crippen LogP contribution in [0.4, 0.5) is 0 Å². The first-order chi connectivity index (χ1) is 8.86. The van der Waals surface area contributed by atoms with Gasteiger partial charge >= 0.3 is 0 Å². The largest absolute Gasteiger partial charge is 0.381 e. The van der Waals surface area contributed by atoms with Crippen molar-refractivity contribution in [1.82, 2.24) is 10.1 Å². The van der Waals surface area contributed by atoms with Gasteiger partial charge in [-0.3, -0.25) is 0 Å². The fraction of sp³-hybridized carbons (Fsp3) is 0.385. The van der Waals surface area contributed by atoms with Gasteiger partial charge in [0, 0.05) is 24.6 Å². The average molecular weight is 245 g/mol. The molecule has 0 saturated carbocycles. The zero-order chi connectivity index (χ0) is 12.4. The van der Waals surface area contributed by atoms with E-state index in [2.05, 4.69) is 10.1 Å². The van der Waals surface area contributed by atoms with E-state index in [-0.39, 0.29) is 5.92 Å². The van der Waals surface area contributed by atoms with Crippen molar-refractivity contribution in [3.63, 3.8) is 0 Å². The highest BCUT2D eigenvalue weighted by atomic mass is 16.5. The number of hydrogen-bond donors (Lipinski definition) is 1. The van der Waals surface area contributed by atoms with Crippen LogP contribution >= 0.6 is 0 Å². The highest BCUT2D eigenvalue weighted by molar-refractivity contribution is 5.53. The highest BCUT2D eigenvalue weighted by Crippen LogP contribution is 2.25. The first kappa shape index (κ1) is 11.4. The van der Waals surface area contributed by atoms with Crippen molar-refractivity contribution in [3.05, 3.63) is 35.7 Å². The van der Waals surface area contributed by atoms with Crippen molar-refractivity contribution in [2.45, 2.75) is 18.9 Å². The van der Waals surface area contributed by atoms with E-state index in [1.54, 1.807) is 0 Å². The van der Waals surface area contributed by atoms with Gasteiger partial charge in [0.2, 0.25) is 0 Å². The van der Waals surface area contributed by atoms with Gasteiger partial charge in [0.15, 0.2) is 5.82 Å². The standard InChI is InChI=1S/C13H15N3O2/c14-7-9-1-3-10(4-2-9)13-15-12(16-18-13)11-5-6-17-8-11/h1-4,11H,5-8,14H2/t11-/m1/s1. The Balaban J connectivity index is 1.82. The van der Waals surface area contributed by atoms with Gasteiger partial charge in [-0.1, -0.05) is 17.3 Å². The van der Waals surface area contributed by atoms with E-state index in [1.165, 1.54) is 0 Å². The number of benzene rings is 1. The van der Waals surface area contributed by atoms with Crippen LogP contribution in [-0.2, 0) is 11.3 Å². The zero-order valence-electron chi connectivity index (χ0n) is 10.0. The Morgan fingerprint density at radius 2 is 2.11 bits per heavy atom. The van der Waals surface area contributed by atoms with Crippen LogP contribution < -0.4 is 5.73 Å². The van der Waals surface area contributed by atoms with Gasteiger partial charge in [-0.05, 0) is 24.1 Å². The van der Waals surface area contributed by atoms with Gasteiger partial charge in [-0.15, -0.1) is 0 Å². The van der Waals surface area contributed by atoms with Crippen LogP contribution in [0.25, 0.3) is 11.5 Å². The summed E-state index contributed by atoms with van der Waals surface area (Å²) in [6.45, 7) is 2.00. The van der Waals surface area contributed by atoms with Crippen LogP contribution in [0.15, 0.2) is 28.8 Å². The third-order valence-corrected chi connectivity index (χ3v) is 3.17. The topological polar surface area (TPSA) is 74.2 Å². The van der Waals surface area contributed by atoms with Crippen LogP contribution in [0.2, 0.25) is 0 Å². The first-order valence-corrected chi connectivity index (χ1v) is 6.07. The molecule has 1 aromatic heterocycles. The molecule has 5 heteroatoms. The molecular formula is C13H15N3O2. The van der Waals surface area contributed by atoms with Gasteiger partial charge in [0.25, 0.3) is 5.89 Å². The summed E-state index contributed by atoms with van der Waals surface area (Å²) in [4.78, 5) is 4.43. The van der Waals surface area contributed by atoms with E-state index in [0.717, 1.165) is 30.0 Å². The van der Waals surface area contributed by atoms with Gasteiger partial charge in [0.1, 0.15) is 0 Å². The van der Waals surface area contributed by atoms with Crippen LogP contribution in [0, 0.1) is 0 Å². The van der Waals surface area contributed by atoms with Gasteiger partial charge in [0.05, 0.1) is 6.61 Å². The molecular weight excluding hydrogens is 230 g/mol. The summed E-state index contributed by atoms with van der Waals surface area (Å²) in [7, 11) is 0. The van der Waals surface area contributed by atoms with E-state index in [0.29, 0.717) is 19.0 Å². The molecule has 3 rings (SSSR count). The molecule has 1 atom stereocenters. The maximum absolute atomic E-state index is 5.56. The van der Waals surface area contributed by atoms with Crippen molar-refractivity contribution >= 4 is 0 Å². The lowest BCUT2D eigenvalue weighted by Gasteiger charge is -1.98. The molecule has 18 heavy (non-hydrogen) atoms. The molecule has 0 unspecified atom stereocenters. The minimum Gasteiger partial charge on any atom is -0.381 e. The van der Waals surface area contributed by atoms with Crippen molar-refractivity contribution < 1.29 is 9.26 Å². The first-order valence-electron chi connectivity index (χ1n) is 6.07. The Labute approximate surface area is 105 Å². The van der Waals surface area contributed by atoms with Crippen molar-refractivity contribution in [2.24, 2.45) is 5.73 Å². The molecule has 94 valence electrons. The van der Waals surface area contributed by atoms with E-state index in [1.807, 2.05) is 24.3 Å². The van der Waals surface area contributed by atoms with Crippen molar-refractivity contribution in [2.75, 3.05) is 13.2 Å². The predicted octanol–water partition coefficient (Wildman–Crippen LogP) is 1.70. The van der Waals surface area contributed by atoms with E-state index in [9.17, 15) is 0 Å². The molecule has 0 aliphatic carbocycles. The summed E-state index contributed by atoms with van der Waals surface area (Å²) >= 11 is 0. The van der Waals surface area contributed by atoms with Crippen LogP contribution in [0.3, 0.4) is 0 Å². The normalized spacial score (nSPS) is 19.3. The lowest BCUT2D eigenvalue weighted by molar-refractivity contribution is 0.192. The third kappa shape index (κ3) is 2.14. The molecule has 1 aromatic carbocycles.